The fourth-order valence-electron chi connectivity index (χ4n) is 3.69. The van der Waals surface area contributed by atoms with Crippen LogP contribution in [0.15, 0.2) is 24.3 Å². The second-order valence-corrected chi connectivity index (χ2v) is 9.99. The first-order chi connectivity index (χ1) is 17.3. The van der Waals surface area contributed by atoms with Crippen LogP contribution in [0.5, 0.6) is 0 Å². The fourth-order valence-corrected chi connectivity index (χ4v) is 3.69. The Kier molecular flexibility index (Phi) is 21.1. The number of hydrazine groups is 1. The molecule has 0 aliphatic rings. The zero-order chi connectivity index (χ0) is 27.2. The van der Waals surface area contributed by atoms with E-state index in [1.807, 2.05) is 5.01 Å². The van der Waals surface area contributed by atoms with E-state index in [0.717, 1.165) is 25.7 Å². The Morgan fingerprint density at radius 3 is 1.31 bits per heavy atom. The van der Waals surface area contributed by atoms with Gasteiger partial charge in [0.2, 0.25) is 0 Å². The molecule has 0 heterocycles. The van der Waals surface area contributed by atoms with Crippen LogP contribution >= 0.6 is 0 Å². The van der Waals surface area contributed by atoms with Crippen molar-refractivity contribution < 1.29 is 19.1 Å². The van der Waals surface area contributed by atoms with E-state index in [1.54, 1.807) is 24.3 Å². The third-order valence-corrected chi connectivity index (χ3v) is 6.02. The number of hydrogen-bond acceptors (Lipinski definition) is 6. The number of esters is 2. The molecule has 6 heteroatoms. The molecule has 2 N–H and O–H groups in total. The van der Waals surface area contributed by atoms with Gasteiger partial charge in [-0.3, -0.25) is 5.84 Å². The Morgan fingerprint density at radius 2 is 1.00 bits per heavy atom. The minimum absolute atomic E-state index is 0.293. The summed E-state index contributed by atoms with van der Waals surface area (Å²) in [6.07, 6.45) is 13.6. The Labute approximate surface area is 221 Å². The molecule has 0 saturated carbocycles. The van der Waals surface area contributed by atoms with Crippen LogP contribution in [0.4, 0.5) is 0 Å². The molecular weight excluding hydrogens is 452 g/mol. The first kappa shape index (κ1) is 34.1. The van der Waals surface area contributed by atoms with Crippen molar-refractivity contribution in [2.75, 3.05) is 13.2 Å². The van der Waals surface area contributed by atoms with Gasteiger partial charge in [0.25, 0.3) is 0 Å². The molecule has 0 aliphatic carbocycles. The highest BCUT2D eigenvalue weighted by atomic mass is 16.5. The van der Waals surface area contributed by atoms with E-state index in [1.165, 1.54) is 51.4 Å². The molecule has 208 valence electrons. The summed E-state index contributed by atoms with van der Waals surface area (Å²) < 4.78 is 10.7. The third-order valence-electron chi connectivity index (χ3n) is 6.02. The molecule has 1 aromatic rings. The highest BCUT2D eigenvalue weighted by Crippen LogP contribution is 2.14. The molecule has 0 aliphatic heterocycles. The van der Waals surface area contributed by atoms with Crippen LogP contribution in [0, 0.1) is 0 Å². The normalized spacial score (nSPS) is 10.9. The van der Waals surface area contributed by atoms with Gasteiger partial charge in [-0.05, 0) is 52.7 Å². The zero-order valence-corrected chi connectivity index (χ0v) is 24.0. The van der Waals surface area contributed by atoms with E-state index in [0.29, 0.717) is 36.4 Å². The second-order valence-electron chi connectivity index (χ2n) is 9.99. The Morgan fingerprint density at radius 1 is 0.667 bits per heavy atom. The monoisotopic (exact) mass is 506 g/mol. The number of unbranched alkanes of at least 4 members (excludes halogenated alkanes) is 10. The van der Waals surface area contributed by atoms with Crippen LogP contribution in [0.1, 0.15) is 139 Å². The molecule has 0 bridgehead atoms. The summed E-state index contributed by atoms with van der Waals surface area (Å²) in [6, 6.07) is 7.65. The highest BCUT2D eigenvalue weighted by molar-refractivity contribution is 6.03. The summed E-state index contributed by atoms with van der Waals surface area (Å²) in [4.78, 5) is 24.7. The van der Waals surface area contributed by atoms with Gasteiger partial charge in [0.15, 0.2) is 0 Å². The van der Waals surface area contributed by atoms with Crippen molar-refractivity contribution >= 4 is 11.9 Å². The number of carbonyl (C=O) groups excluding carboxylic acids is 2. The quantitative estimate of drug-likeness (QED) is 0.0950. The maximum absolute atomic E-state index is 12.4. The summed E-state index contributed by atoms with van der Waals surface area (Å²) in [7, 11) is 0. The van der Waals surface area contributed by atoms with Crippen molar-refractivity contribution in [3.63, 3.8) is 0 Å². The zero-order valence-electron chi connectivity index (χ0n) is 24.0. The van der Waals surface area contributed by atoms with Crippen molar-refractivity contribution in [3.8, 4) is 0 Å². The molecule has 0 unspecified atom stereocenters. The van der Waals surface area contributed by atoms with Crippen LogP contribution < -0.4 is 5.84 Å². The average Bonchev–Trinajstić information content (AvgIpc) is 2.87. The number of ether oxygens (including phenoxy) is 2. The molecule has 0 spiro atoms. The Bertz CT molecular complexity index is 634. The predicted octanol–water partition coefficient (Wildman–Crippen LogP) is 7.70. The number of carbonyl (C=O) groups is 2. The van der Waals surface area contributed by atoms with Gasteiger partial charge in [0.1, 0.15) is 0 Å². The van der Waals surface area contributed by atoms with Crippen molar-refractivity contribution in [3.05, 3.63) is 35.4 Å². The van der Waals surface area contributed by atoms with E-state index in [4.69, 9.17) is 15.3 Å². The Balaban J connectivity index is 0.00000131. The number of nitrogens with zero attached hydrogens (tertiary/aromatic N) is 1. The number of nitrogens with two attached hydrogens (primary N) is 1. The fraction of sp³-hybridized carbons (Fsp3) is 0.733. The van der Waals surface area contributed by atoms with Crippen molar-refractivity contribution in [1.29, 1.82) is 0 Å². The molecule has 0 radical (unpaired) electrons. The molecule has 1 rings (SSSR count). The van der Waals surface area contributed by atoms with E-state index >= 15 is 0 Å². The Hall–Kier alpha value is -1.92. The molecule has 0 amide bonds. The topological polar surface area (TPSA) is 81.9 Å². The van der Waals surface area contributed by atoms with Crippen molar-refractivity contribution in [2.45, 2.75) is 131 Å². The molecule has 0 atom stereocenters. The van der Waals surface area contributed by atoms with Crippen LogP contribution in [0.25, 0.3) is 0 Å². The minimum Gasteiger partial charge on any atom is -0.462 e. The van der Waals surface area contributed by atoms with E-state index in [2.05, 4.69) is 41.5 Å². The second kappa shape index (κ2) is 22.3. The summed E-state index contributed by atoms with van der Waals surface area (Å²) in [5, 5.41) is 1.83. The van der Waals surface area contributed by atoms with Gasteiger partial charge in [-0.25, -0.2) is 14.6 Å². The lowest BCUT2D eigenvalue weighted by atomic mass is 10.1. The van der Waals surface area contributed by atoms with E-state index in [-0.39, 0.29) is 0 Å². The van der Waals surface area contributed by atoms with Gasteiger partial charge in [-0.1, -0.05) is 90.2 Å². The number of hydrogen-bond donors (Lipinski definition) is 1. The minimum atomic E-state index is -0.444. The lowest BCUT2D eigenvalue weighted by molar-refractivity contribution is 0.0450. The van der Waals surface area contributed by atoms with Crippen LogP contribution in [0.2, 0.25) is 0 Å². The van der Waals surface area contributed by atoms with Gasteiger partial charge in [0.05, 0.1) is 24.3 Å². The van der Waals surface area contributed by atoms with Gasteiger partial charge >= 0.3 is 11.9 Å². The first-order valence-electron chi connectivity index (χ1n) is 14.2. The standard InChI is InChI=1S/C24H38O4.C6H16N2/c1-3-5-7-9-11-15-19-27-23(25)21-17-13-14-18-22(21)24(26)28-20-16-12-10-8-6-4-2;1-5(2)8(7)6(3)4/h13-14,17-18H,3-12,15-16,19-20H2,1-2H3;5-6H,7H2,1-4H3. The predicted molar refractivity (Wildman–Crippen MR) is 150 cm³/mol. The van der Waals surface area contributed by atoms with Gasteiger partial charge in [-0.2, -0.15) is 0 Å². The molecule has 6 nitrogen and oxygen atoms in total. The maximum atomic E-state index is 12.4. The van der Waals surface area contributed by atoms with Gasteiger partial charge < -0.3 is 9.47 Å². The summed E-state index contributed by atoms with van der Waals surface area (Å²) in [5.74, 6) is 4.70. The molecule has 0 saturated heterocycles. The highest BCUT2D eigenvalue weighted by Gasteiger charge is 2.18. The van der Waals surface area contributed by atoms with E-state index in [9.17, 15) is 9.59 Å². The smallest absolute Gasteiger partial charge is 0.339 e. The van der Waals surface area contributed by atoms with Crippen LogP contribution in [0.3, 0.4) is 0 Å². The van der Waals surface area contributed by atoms with Crippen molar-refractivity contribution in [1.82, 2.24) is 5.01 Å². The van der Waals surface area contributed by atoms with E-state index < -0.39 is 11.9 Å². The molecule has 36 heavy (non-hydrogen) atoms. The largest absolute Gasteiger partial charge is 0.462 e. The van der Waals surface area contributed by atoms with Crippen molar-refractivity contribution in [2.24, 2.45) is 5.84 Å². The third kappa shape index (κ3) is 16.7. The molecule has 1 aromatic carbocycles. The maximum Gasteiger partial charge on any atom is 0.339 e. The summed E-state index contributed by atoms with van der Waals surface area (Å²) in [5.41, 5.74) is 0.586. The summed E-state index contributed by atoms with van der Waals surface area (Å²) in [6.45, 7) is 13.5. The molecular formula is C30H54N2O4. The number of benzene rings is 1. The van der Waals surface area contributed by atoms with Crippen LogP contribution in [-0.2, 0) is 9.47 Å². The SMILES string of the molecule is CC(C)N(N)C(C)C.CCCCCCCCOC(=O)c1ccccc1C(=O)OCCCCCCCC. The summed E-state index contributed by atoms with van der Waals surface area (Å²) >= 11 is 0. The molecule has 0 aromatic heterocycles. The first-order valence-corrected chi connectivity index (χ1v) is 14.2. The average molecular weight is 507 g/mol. The number of rotatable bonds is 18. The van der Waals surface area contributed by atoms with Gasteiger partial charge in [0, 0.05) is 12.1 Å². The lowest BCUT2D eigenvalue weighted by Gasteiger charge is -2.24. The molecule has 0 fully saturated rings. The van der Waals surface area contributed by atoms with Gasteiger partial charge in [-0.15, -0.1) is 0 Å². The lowest BCUT2D eigenvalue weighted by Crippen LogP contribution is -2.42. The van der Waals surface area contributed by atoms with Crippen LogP contribution in [-0.4, -0.2) is 42.2 Å².